The molecule has 8 heteroatoms. The fourth-order valence-electron chi connectivity index (χ4n) is 3.50. The van der Waals surface area contributed by atoms with Crippen LogP contribution >= 0.6 is 0 Å². The Morgan fingerprint density at radius 2 is 1.64 bits per heavy atom. The molecule has 0 unspecified atom stereocenters. The second kappa shape index (κ2) is 9.12. The number of nitrogens with zero attached hydrogens (tertiary/aromatic N) is 1. The summed E-state index contributed by atoms with van der Waals surface area (Å²) in [6.45, 7) is 2.25. The van der Waals surface area contributed by atoms with E-state index < -0.39 is 23.4 Å². The molecule has 0 spiro atoms. The minimum atomic E-state index is -1.08. The van der Waals surface area contributed by atoms with Gasteiger partial charge in [-0.25, -0.2) is 13.7 Å². The topological polar surface area (TPSA) is 67.9 Å². The second-order valence-electron chi connectivity index (χ2n) is 7.11. The summed E-state index contributed by atoms with van der Waals surface area (Å²) in [5.74, 6) is -2.22. The van der Waals surface area contributed by atoms with E-state index in [1.165, 1.54) is 13.2 Å². The molecular weight excluding hydrogens is 430 g/mol. The van der Waals surface area contributed by atoms with Crippen LogP contribution in [0.4, 0.5) is 20.2 Å². The number of rotatable bonds is 7. The van der Waals surface area contributed by atoms with Crippen molar-refractivity contribution < 1.29 is 27.8 Å². The molecule has 168 valence electrons. The van der Waals surface area contributed by atoms with Crippen LogP contribution in [-0.4, -0.2) is 25.5 Å². The SMILES string of the molecule is CCOc1cccc(N2C(=O)C(Nc3ccc(F)c(F)c3)=C(c3ccc(OC)cc3)C2=O)c1. The van der Waals surface area contributed by atoms with Crippen molar-refractivity contribution in [2.24, 2.45) is 0 Å². The molecule has 0 saturated carbocycles. The lowest BCUT2D eigenvalue weighted by Gasteiger charge is -2.16. The summed E-state index contributed by atoms with van der Waals surface area (Å²) in [6.07, 6.45) is 0. The molecule has 1 aliphatic heterocycles. The van der Waals surface area contributed by atoms with Crippen LogP contribution in [0, 0.1) is 11.6 Å². The van der Waals surface area contributed by atoms with Gasteiger partial charge in [0.15, 0.2) is 11.6 Å². The van der Waals surface area contributed by atoms with Crippen LogP contribution in [0.3, 0.4) is 0 Å². The molecule has 0 atom stereocenters. The van der Waals surface area contributed by atoms with E-state index in [2.05, 4.69) is 5.32 Å². The van der Waals surface area contributed by atoms with Gasteiger partial charge in [0.05, 0.1) is 25.0 Å². The first-order chi connectivity index (χ1) is 15.9. The molecule has 3 aromatic rings. The van der Waals surface area contributed by atoms with Gasteiger partial charge >= 0.3 is 0 Å². The van der Waals surface area contributed by atoms with Gasteiger partial charge in [0, 0.05) is 17.8 Å². The van der Waals surface area contributed by atoms with E-state index in [1.807, 2.05) is 6.92 Å². The van der Waals surface area contributed by atoms with E-state index in [4.69, 9.17) is 9.47 Å². The maximum Gasteiger partial charge on any atom is 0.282 e. The smallest absolute Gasteiger partial charge is 0.282 e. The van der Waals surface area contributed by atoms with Gasteiger partial charge in [-0.05, 0) is 48.9 Å². The molecule has 6 nitrogen and oxygen atoms in total. The zero-order chi connectivity index (χ0) is 23.5. The molecule has 0 bridgehead atoms. The fraction of sp³-hybridized carbons (Fsp3) is 0.120. The van der Waals surface area contributed by atoms with Crippen molar-refractivity contribution in [3.05, 3.63) is 89.6 Å². The quantitative estimate of drug-likeness (QED) is 0.526. The third-order valence-electron chi connectivity index (χ3n) is 5.04. The maximum atomic E-state index is 13.8. The predicted octanol–water partition coefficient (Wildman–Crippen LogP) is 4.77. The van der Waals surface area contributed by atoms with E-state index >= 15 is 0 Å². The largest absolute Gasteiger partial charge is 0.497 e. The number of amides is 2. The fourth-order valence-corrected chi connectivity index (χ4v) is 3.50. The Morgan fingerprint density at radius 3 is 2.30 bits per heavy atom. The number of halogens is 2. The molecule has 33 heavy (non-hydrogen) atoms. The summed E-state index contributed by atoms with van der Waals surface area (Å²) in [5.41, 5.74) is 0.944. The Balaban J connectivity index is 1.80. The minimum absolute atomic E-state index is 0.0574. The minimum Gasteiger partial charge on any atom is -0.497 e. The summed E-state index contributed by atoms with van der Waals surface area (Å²) in [6, 6.07) is 16.4. The first-order valence-electron chi connectivity index (χ1n) is 10.2. The first kappa shape index (κ1) is 22.0. The molecule has 2 amide bonds. The van der Waals surface area contributed by atoms with Crippen molar-refractivity contribution in [2.45, 2.75) is 6.92 Å². The van der Waals surface area contributed by atoms with Crippen LogP contribution in [0.25, 0.3) is 5.57 Å². The monoisotopic (exact) mass is 450 g/mol. The van der Waals surface area contributed by atoms with E-state index in [0.717, 1.165) is 17.0 Å². The number of hydrogen-bond donors (Lipinski definition) is 1. The lowest BCUT2D eigenvalue weighted by Crippen LogP contribution is -2.32. The van der Waals surface area contributed by atoms with Crippen LogP contribution in [0.15, 0.2) is 72.4 Å². The lowest BCUT2D eigenvalue weighted by atomic mass is 10.0. The number of ether oxygens (including phenoxy) is 2. The maximum absolute atomic E-state index is 13.8. The van der Waals surface area contributed by atoms with Crippen LogP contribution in [0.5, 0.6) is 11.5 Å². The Morgan fingerprint density at radius 1 is 0.879 bits per heavy atom. The van der Waals surface area contributed by atoms with Gasteiger partial charge in [-0.3, -0.25) is 9.59 Å². The molecule has 0 aliphatic carbocycles. The molecule has 1 N–H and O–H groups in total. The van der Waals surface area contributed by atoms with Crippen molar-refractivity contribution in [1.82, 2.24) is 0 Å². The average molecular weight is 450 g/mol. The zero-order valence-electron chi connectivity index (χ0n) is 17.9. The molecule has 0 radical (unpaired) electrons. The van der Waals surface area contributed by atoms with Gasteiger partial charge in [-0.1, -0.05) is 18.2 Å². The van der Waals surface area contributed by atoms with Crippen molar-refractivity contribution >= 4 is 28.8 Å². The average Bonchev–Trinajstić information content (AvgIpc) is 3.06. The third-order valence-corrected chi connectivity index (χ3v) is 5.04. The van der Waals surface area contributed by atoms with Crippen molar-refractivity contribution in [3.8, 4) is 11.5 Å². The number of benzene rings is 3. The van der Waals surface area contributed by atoms with E-state index in [-0.39, 0.29) is 17.0 Å². The predicted molar refractivity (Wildman–Crippen MR) is 120 cm³/mol. The molecule has 4 rings (SSSR count). The summed E-state index contributed by atoms with van der Waals surface area (Å²) in [5, 5.41) is 2.80. The van der Waals surface area contributed by atoms with Crippen molar-refractivity contribution in [2.75, 3.05) is 23.9 Å². The number of anilines is 2. The Labute approximate surface area is 189 Å². The lowest BCUT2D eigenvalue weighted by molar-refractivity contribution is -0.120. The van der Waals surface area contributed by atoms with Crippen LogP contribution in [-0.2, 0) is 9.59 Å². The number of carbonyl (C=O) groups excluding carboxylic acids is 2. The summed E-state index contributed by atoms with van der Waals surface area (Å²) in [7, 11) is 1.52. The Kier molecular flexibility index (Phi) is 6.08. The molecule has 3 aromatic carbocycles. The van der Waals surface area contributed by atoms with E-state index in [1.54, 1.807) is 48.5 Å². The molecule has 0 aromatic heterocycles. The van der Waals surface area contributed by atoms with Crippen LogP contribution < -0.4 is 19.7 Å². The molecule has 0 saturated heterocycles. The van der Waals surface area contributed by atoms with Crippen LogP contribution in [0.1, 0.15) is 12.5 Å². The van der Waals surface area contributed by atoms with Crippen molar-refractivity contribution in [1.29, 1.82) is 0 Å². The van der Waals surface area contributed by atoms with Gasteiger partial charge in [0.25, 0.3) is 11.8 Å². The Bertz CT molecular complexity index is 1260. The number of methoxy groups -OCH3 is 1. The van der Waals surface area contributed by atoms with Gasteiger partial charge < -0.3 is 14.8 Å². The third kappa shape index (κ3) is 4.27. The van der Waals surface area contributed by atoms with E-state index in [0.29, 0.717) is 29.4 Å². The highest BCUT2D eigenvalue weighted by atomic mass is 19.2. The van der Waals surface area contributed by atoms with Crippen molar-refractivity contribution in [3.63, 3.8) is 0 Å². The molecule has 1 heterocycles. The second-order valence-corrected chi connectivity index (χ2v) is 7.11. The van der Waals surface area contributed by atoms with Gasteiger partial charge in [-0.15, -0.1) is 0 Å². The summed E-state index contributed by atoms with van der Waals surface area (Å²) >= 11 is 0. The van der Waals surface area contributed by atoms with E-state index in [9.17, 15) is 18.4 Å². The highest BCUT2D eigenvalue weighted by molar-refractivity contribution is 6.46. The molecule has 1 aliphatic rings. The first-order valence-corrected chi connectivity index (χ1v) is 10.2. The van der Waals surface area contributed by atoms with Crippen LogP contribution in [0.2, 0.25) is 0 Å². The Hall–Kier alpha value is -4.20. The normalized spacial score (nSPS) is 13.5. The zero-order valence-corrected chi connectivity index (χ0v) is 17.9. The highest BCUT2D eigenvalue weighted by Crippen LogP contribution is 2.35. The van der Waals surface area contributed by atoms with Gasteiger partial charge in [0.2, 0.25) is 0 Å². The van der Waals surface area contributed by atoms with Gasteiger partial charge in [-0.2, -0.15) is 0 Å². The number of nitrogens with one attached hydrogen (secondary N) is 1. The summed E-state index contributed by atoms with van der Waals surface area (Å²) in [4.78, 5) is 27.9. The number of imide groups is 1. The summed E-state index contributed by atoms with van der Waals surface area (Å²) < 4.78 is 37.8. The van der Waals surface area contributed by atoms with Gasteiger partial charge in [0.1, 0.15) is 17.2 Å². The standard InChI is InChI=1S/C25H20F2N2O4/c1-3-33-19-6-4-5-17(14-19)29-24(30)22(15-7-10-18(32-2)11-8-15)23(25(29)31)28-16-9-12-20(26)21(27)13-16/h4-14,28H,3H2,1-2H3. The molecular formula is C25H20F2N2O4. The molecule has 0 fully saturated rings. The number of hydrogen-bond acceptors (Lipinski definition) is 5. The number of carbonyl (C=O) groups is 2. The highest BCUT2D eigenvalue weighted by Gasteiger charge is 2.40.